The van der Waals surface area contributed by atoms with E-state index in [2.05, 4.69) is 10.5 Å². The topological polar surface area (TPSA) is 70.9 Å². The van der Waals surface area contributed by atoms with Crippen LogP contribution in [0.2, 0.25) is 0 Å². The Morgan fingerprint density at radius 3 is 2.81 bits per heavy atom. The van der Waals surface area contributed by atoms with Crippen molar-refractivity contribution in [3.8, 4) is 5.75 Å². The number of hydrogen-bond acceptors (Lipinski definition) is 4. The lowest BCUT2D eigenvalue weighted by Crippen LogP contribution is -2.38. The highest BCUT2D eigenvalue weighted by Crippen LogP contribution is 2.31. The SMILES string of the molecule is CC(C)CNC(=O)C(C)Oc1cccc2c1CCC2=NO. The number of nitrogens with zero attached hydrogens (tertiary/aromatic N) is 1. The molecule has 1 amide bonds. The van der Waals surface area contributed by atoms with Crippen LogP contribution in [0.4, 0.5) is 0 Å². The van der Waals surface area contributed by atoms with E-state index in [1.807, 2.05) is 32.0 Å². The van der Waals surface area contributed by atoms with Crippen LogP contribution in [-0.2, 0) is 11.2 Å². The van der Waals surface area contributed by atoms with E-state index in [0.717, 1.165) is 17.5 Å². The molecule has 1 unspecified atom stereocenters. The molecule has 0 aromatic heterocycles. The van der Waals surface area contributed by atoms with Crippen molar-refractivity contribution in [3.63, 3.8) is 0 Å². The number of carbonyl (C=O) groups excluding carboxylic acids is 1. The zero-order valence-electron chi connectivity index (χ0n) is 12.7. The summed E-state index contributed by atoms with van der Waals surface area (Å²) in [6.45, 7) is 6.48. The molecule has 1 aliphatic rings. The number of benzene rings is 1. The van der Waals surface area contributed by atoms with Crippen LogP contribution >= 0.6 is 0 Å². The van der Waals surface area contributed by atoms with E-state index in [1.54, 1.807) is 6.92 Å². The van der Waals surface area contributed by atoms with Crippen LogP contribution < -0.4 is 10.1 Å². The number of ether oxygens (including phenoxy) is 1. The average Bonchev–Trinajstić information content (AvgIpc) is 2.88. The van der Waals surface area contributed by atoms with Gasteiger partial charge < -0.3 is 15.3 Å². The van der Waals surface area contributed by atoms with E-state index in [4.69, 9.17) is 9.94 Å². The maximum Gasteiger partial charge on any atom is 0.260 e. The van der Waals surface area contributed by atoms with Crippen molar-refractivity contribution in [2.75, 3.05) is 6.54 Å². The maximum atomic E-state index is 12.0. The molecule has 0 saturated carbocycles. The lowest BCUT2D eigenvalue weighted by molar-refractivity contribution is -0.127. The summed E-state index contributed by atoms with van der Waals surface area (Å²) in [4.78, 5) is 12.0. The van der Waals surface area contributed by atoms with E-state index in [1.165, 1.54) is 0 Å². The average molecular weight is 290 g/mol. The first-order chi connectivity index (χ1) is 10.0. The van der Waals surface area contributed by atoms with Gasteiger partial charge in [0.2, 0.25) is 0 Å². The molecule has 0 spiro atoms. The molecule has 0 bridgehead atoms. The minimum Gasteiger partial charge on any atom is -0.481 e. The van der Waals surface area contributed by atoms with Gasteiger partial charge in [-0.05, 0) is 31.7 Å². The molecule has 5 nitrogen and oxygen atoms in total. The number of carbonyl (C=O) groups is 1. The van der Waals surface area contributed by atoms with Gasteiger partial charge >= 0.3 is 0 Å². The highest BCUT2D eigenvalue weighted by atomic mass is 16.5. The lowest BCUT2D eigenvalue weighted by Gasteiger charge is -2.17. The molecule has 2 rings (SSSR count). The Labute approximate surface area is 125 Å². The summed E-state index contributed by atoms with van der Waals surface area (Å²) in [7, 11) is 0. The fourth-order valence-electron chi connectivity index (χ4n) is 2.38. The molecule has 5 heteroatoms. The summed E-state index contributed by atoms with van der Waals surface area (Å²) < 4.78 is 5.80. The minimum atomic E-state index is -0.551. The van der Waals surface area contributed by atoms with Gasteiger partial charge in [0.15, 0.2) is 6.10 Å². The second-order valence-electron chi connectivity index (χ2n) is 5.73. The van der Waals surface area contributed by atoms with Gasteiger partial charge in [0.1, 0.15) is 5.75 Å². The Hall–Kier alpha value is -2.04. The predicted molar refractivity (Wildman–Crippen MR) is 81.0 cm³/mol. The molecule has 0 radical (unpaired) electrons. The van der Waals surface area contributed by atoms with E-state index in [0.29, 0.717) is 30.3 Å². The monoisotopic (exact) mass is 290 g/mol. The molecule has 0 fully saturated rings. The summed E-state index contributed by atoms with van der Waals surface area (Å²) >= 11 is 0. The van der Waals surface area contributed by atoms with Crippen molar-refractivity contribution < 1.29 is 14.7 Å². The zero-order valence-corrected chi connectivity index (χ0v) is 12.7. The maximum absolute atomic E-state index is 12.0. The molecule has 0 aliphatic heterocycles. The van der Waals surface area contributed by atoms with Crippen LogP contribution in [0, 0.1) is 5.92 Å². The third-order valence-corrected chi connectivity index (χ3v) is 3.53. The highest BCUT2D eigenvalue weighted by molar-refractivity contribution is 6.04. The Morgan fingerprint density at radius 2 is 2.14 bits per heavy atom. The van der Waals surface area contributed by atoms with Crippen LogP contribution in [0.15, 0.2) is 23.4 Å². The van der Waals surface area contributed by atoms with Crippen molar-refractivity contribution in [1.29, 1.82) is 0 Å². The summed E-state index contributed by atoms with van der Waals surface area (Å²) in [5.74, 6) is 0.985. The molecule has 1 atom stereocenters. The third-order valence-electron chi connectivity index (χ3n) is 3.53. The van der Waals surface area contributed by atoms with Gasteiger partial charge in [-0.25, -0.2) is 0 Å². The number of oxime groups is 1. The molecular formula is C16H22N2O3. The first kappa shape index (κ1) is 15.4. The van der Waals surface area contributed by atoms with Gasteiger partial charge in [0, 0.05) is 17.7 Å². The van der Waals surface area contributed by atoms with Gasteiger partial charge in [0.05, 0.1) is 5.71 Å². The van der Waals surface area contributed by atoms with Crippen molar-refractivity contribution >= 4 is 11.6 Å². The van der Waals surface area contributed by atoms with Crippen molar-refractivity contribution in [2.24, 2.45) is 11.1 Å². The van der Waals surface area contributed by atoms with Crippen LogP contribution in [0.5, 0.6) is 5.75 Å². The quantitative estimate of drug-likeness (QED) is 0.646. The first-order valence-corrected chi connectivity index (χ1v) is 7.30. The molecule has 114 valence electrons. The summed E-state index contributed by atoms with van der Waals surface area (Å²) in [6.07, 6.45) is 0.913. The Morgan fingerprint density at radius 1 is 1.38 bits per heavy atom. The van der Waals surface area contributed by atoms with Crippen LogP contribution in [0.1, 0.15) is 38.3 Å². The first-order valence-electron chi connectivity index (χ1n) is 7.30. The number of hydrogen-bond donors (Lipinski definition) is 2. The van der Waals surface area contributed by atoms with Crippen molar-refractivity contribution in [3.05, 3.63) is 29.3 Å². The van der Waals surface area contributed by atoms with Crippen molar-refractivity contribution in [2.45, 2.75) is 39.7 Å². The summed E-state index contributed by atoms with van der Waals surface area (Å²) in [5, 5.41) is 15.2. The molecule has 1 aromatic rings. The van der Waals surface area contributed by atoms with E-state index in [-0.39, 0.29) is 5.91 Å². The van der Waals surface area contributed by atoms with E-state index < -0.39 is 6.10 Å². The van der Waals surface area contributed by atoms with Gasteiger partial charge in [-0.15, -0.1) is 0 Å². The van der Waals surface area contributed by atoms with Crippen molar-refractivity contribution in [1.82, 2.24) is 5.32 Å². The largest absolute Gasteiger partial charge is 0.481 e. The lowest BCUT2D eigenvalue weighted by atomic mass is 10.1. The minimum absolute atomic E-state index is 0.115. The van der Waals surface area contributed by atoms with Crippen LogP contribution in [-0.4, -0.2) is 29.5 Å². The smallest absolute Gasteiger partial charge is 0.260 e. The molecule has 1 aromatic carbocycles. The number of rotatable bonds is 5. The fraction of sp³-hybridized carbons (Fsp3) is 0.500. The van der Waals surface area contributed by atoms with Gasteiger partial charge in [-0.1, -0.05) is 31.1 Å². The van der Waals surface area contributed by atoms with Crippen LogP contribution in [0.25, 0.3) is 0 Å². The zero-order chi connectivity index (χ0) is 15.4. The number of fused-ring (bicyclic) bond motifs is 1. The molecule has 0 saturated heterocycles. The fourth-order valence-corrected chi connectivity index (χ4v) is 2.38. The molecule has 1 aliphatic carbocycles. The standard InChI is InChI=1S/C16H22N2O3/c1-10(2)9-17-16(19)11(3)21-15-6-4-5-12-13(15)7-8-14(12)18-20/h4-6,10-11,20H,7-9H2,1-3H3,(H,17,19). The van der Waals surface area contributed by atoms with Gasteiger partial charge in [0.25, 0.3) is 5.91 Å². The molecular weight excluding hydrogens is 268 g/mol. The Bertz CT molecular complexity index is 552. The number of nitrogens with one attached hydrogen (secondary N) is 1. The van der Waals surface area contributed by atoms with Gasteiger partial charge in [-0.3, -0.25) is 4.79 Å². The van der Waals surface area contributed by atoms with Crippen LogP contribution in [0.3, 0.4) is 0 Å². The summed E-state index contributed by atoms with van der Waals surface area (Å²) in [5.41, 5.74) is 2.59. The van der Waals surface area contributed by atoms with E-state index in [9.17, 15) is 4.79 Å². The number of amides is 1. The molecule has 2 N–H and O–H groups in total. The second kappa shape index (κ2) is 6.61. The summed E-state index contributed by atoms with van der Waals surface area (Å²) in [6, 6.07) is 5.61. The van der Waals surface area contributed by atoms with Gasteiger partial charge in [-0.2, -0.15) is 0 Å². The predicted octanol–water partition coefficient (Wildman–Crippen LogP) is 2.35. The van der Waals surface area contributed by atoms with E-state index >= 15 is 0 Å². The second-order valence-corrected chi connectivity index (χ2v) is 5.73. The third kappa shape index (κ3) is 3.54. The molecule has 0 heterocycles. The highest BCUT2D eigenvalue weighted by Gasteiger charge is 2.24. The Kier molecular flexibility index (Phi) is 4.83. The Balaban J connectivity index is 2.07. The normalized spacial score (nSPS) is 16.9. The molecule has 21 heavy (non-hydrogen) atoms.